The van der Waals surface area contributed by atoms with Crippen molar-refractivity contribution >= 4 is 21.8 Å². The van der Waals surface area contributed by atoms with Crippen molar-refractivity contribution in [1.29, 1.82) is 0 Å². The molecule has 0 saturated carbocycles. The third-order valence-electron chi connectivity index (χ3n) is 3.78. The third kappa shape index (κ3) is 3.83. The van der Waals surface area contributed by atoms with Gasteiger partial charge in [-0.25, -0.2) is 0 Å². The van der Waals surface area contributed by atoms with Crippen LogP contribution < -0.4 is 0 Å². The van der Waals surface area contributed by atoms with E-state index < -0.39 is 0 Å². The second kappa shape index (κ2) is 6.72. The molecule has 1 aromatic carbocycles. The predicted octanol–water partition coefficient (Wildman–Crippen LogP) is 2.86. The molecule has 1 saturated heterocycles. The quantitative estimate of drug-likeness (QED) is 0.792. The van der Waals surface area contributed by atoms with Gasteiger partial charge in [0.25, 0.3) is 0 Å². The van der Waals surface area contributed by atoms with Gasteiger partial charge >= 0.3 is 0 Å². The average molecular weight is 340 g/mol. The Morgan fingerprint density at radius 2 is 2.10 bits per heavy atom. The van der Waals surface area contributed by atoms with Crippen molar-refractivity contribution in [2.24, 2.45) is 0 Å². The highest BCUT2D eigenvalue weighted by molar-refractivity contribution is 9.09. The second-order valence-corrected chi connectivity index (χ2v) is 6.26. The SMILES string of the molecule is Cc1ccc(CC(=O)N2CC(C)OC(CBr)C2)cc1C. The number of morpholine rings is 1. The smallest absolute Gasteiger partial charge is 0.227 e. The first kappa shape index (κ1) is 15.5. The van der Waals surface area contributed by atoms with Crippen LogP contribution in [-0.2, 0) is 16.0 Å². The van der Waals surface area contributed by atoms with Crippen LogP contribution in [0.5, 0.6) is 0 Å². The van der Waals surface area contributed by atoms with Crippen molar-refractivity contribution < 1.29 is 9.53 Å². The zero-order chi connectivity index (χ0) is 14.7. The Labute approximate surface area is 129 Å². The number of benzene rings is 1. The molecule has 1 heterocycles. The molecule has 110 valence electrons. The van der Waals surface area contributed by atoms with Gasteiger partial charge in [-0.05, 0) is 37.5 Å². The van der Waals surface area contributed by atoms with Crippen molar-refractivity contribution in [1.82, 2.24) is 4.90 Å². The van der Waals surface area contributed by atoms with Gasteiger partial charge in [0.05, 0.1) is 18.6 Å². The molecule has 0 N–H and O–H groups in total. The fourth-order valence-electron chi connectivity index (χ4n) is 2.53. The zero-order valence-electron chi connectivity index (χ0n) is 12.4. The van der Waals surface area contributed by atoms with E-state index in [2.05, 4.69) is 41.9 Å². The number of hydrogen-bond donors (Lipinski definition) is 0. The Morgan fingerprint density at radius 3 is 2.75 bits per heavy atom. The molecule has 1 amide bonds. The summed E-state index contributed by atoms with van der Waals surface area (Å²) in [6.07, 6.45) is 0.681. The van der Waals surface area contributed by atoms with Crippen LogP contribution in [0.15, 0.2) is 18.2 Å². The molecule has 2 rings (SSSR count). The molecule has 3 nitrogen and oxygen atoms in total. The predicted molar refractivity (Wildman–Crippen MR) is 84.3 cm³/mol. The highest BCUT2D eigenvalue weighted by atomic mass is 79.9. The maximum absolute atomic E-state index is 12.4. The lowest BCUT2D eigenvalue weighted by atomic mass is 10.0. The molecule has 1 fully saturated rings. The van der Waals surface area contributed by atoms with Gasteiger partial charge in [0.1, 0.15) is 0 Å². The van der Waals surface area contributed by atoms with E-state index in [-0.39, 0.29) is 18.1 Å². The van der Waals surface area contributed by atoms with E-state index >= 15 is 0 Å². The van der Waals surface area contributed by atoms with E-state index in [0.717, 1.165) is 10.9 Å². The van der Waals surface area contributed by atoms with Gasteiger partial charge in [-0.2, -0.15) is 0 Å². The van der Waals surface area contributed by atoms with Crippen LogP contribution in [-0.4, -0.2) is 41.4 Å². The number of rotatable bonds is 3. The molecule has 2 unspecified atom stereocenters. The highest BCUT2D eigenvalue weighted by Gasteiger charge is 2.27. The van der Waals surface area contributed by atoms with E-state index in [9.17, 15) is 4.79 Å². The molecule has 4 heteroatoms. The molecule has 0 radical (unpaired) electrons. The van der Waals surface area contributed by atoms with E-state index in [1.165, 1.54) is 11.1 Å². The Bertz CT molecular complexity index is 489. The molecule has 1 aliphatic heterocycles. The summed E-state index contributed by atoms with van der Waals surface area (Å²) in [6.45, 7) is 7.56. The van der Waals surface area contributed by atoms with Crippen molar-refractivity contribution in [3.8, 4) is 0 Å². The number of carbonyl (C=O) groups excluding carboxylic acids is 1. The Kier molecular flexibility index (Phi) is 5.22. The molecule has 20 heavy (non-hydrogen) atoms. The summed E-state index contributed by atoms with van der Waals surface area (Å²) in [6, 6.07) is 6.24. The maximum atomic E-state index is 12.4. The lowest BCUT2D eigenvalue weighted by Gasteiger charge is -2.36. The van der Waals surface area contributed by atoms with Crippen LogP contribution >= 0.6 is 15.9 Å². The highest BCUT2D eigenvalue weighted by Crippen LogP contribution is 2.16. The Morgan fingerprint density at radius 1 is 1.35 bits per heavy atom. The van der Waals surface area contributed by atoms with Gasteiger partial charge in [-0.3, -0.25) is 4.79 Å². The number of hydrogen-bond acceptors (Lipinski definition) is 2. The maximum Gasteiger partial charge on any atom is 0.227 e. The van der Waals surface area contributed by atoms with E-state index in [0.29, 0.717) is 19.5 Å². The summed E-state index contributed by atoms with van der Waals surface area (Å²) in [7, 11) is 0. The number of halogens is 1. The van der Waals surface area contributed by atoms with Crippen molar-refractivity contribution in [2.75, 3.05) is 18.4 Å². The molecule has 0 aromatic heterocycles. The minimum absolute atomic E-state index is 0.0995. The van der Waals surface area contributed by atoms with E-state index in [1.807, 2.05) is 17.9 Å². The van der Waals surface area contributed by atoms with E-state index in [4.69, 9.17) is 4.74 Å². The van der Waals surface area contributed by atoms with Gasteiger partial charge in [-0.15, -0.1) is 0 Å². The van der Waals surface area contributed by atoms with Gasteiger partial charge < -0.3 is 9.64 Å². The van der Waals surface area contributed by atoms with Gasteiger partial charge in [-0.1, -0.05) is 34.1 Å². The lowest BCUT2D eigenvalue weighted by Crippen LogP contribution is -2.50. The normalized spacial score (nSPS) is 22.9. The molecule has 2 atom stereocenters. The first-order chi connectivity index (χ1) is 9.49. The molecule has 1 aromatic rings. The number of amides is 1. The van der Waals surface area contributed by atoms with Crippen LogP contribution in [0.3, 0.4) is 0 Å². The first-order valence-electron chi connectivity index (χ1n) is 7.05. The van der Waals surface area contributed by atoms with Crippen LogP contribution in [0.1, 0.15) is 23.6 Å². The Hall–Kier alpha value is -0.870. The number of aryl methyl sites for hydroxylation is 2. The fraction of sp³-hybridized carbons (Fsp3) is 0.562. The number of nitrogens with zero attached hydrogens (tertiary/aromatic N) is 1. The molecule has 0 aliphatic carbocycles. The Balaban J connectivity index is 2.01. The van der Waals surface area contributed by atoms with Crippen LogP contribution in [0, 0.1) is 13.8 Å². The minimum Gasteiger partial charge on any atom is -0.371 e. The summed E-state index contributed by atoms with van der Waals surface area (Å²) in [5, 5.41) is 0.769. The van der Waals surface area contributed by atoms with Gasteiger partial charge in [0.2, 0.25) is 5.91 Å². The van der Waals surface area contributed by atoms with E-state index in [1.54, 1.807) is 0 Å². The largest absolute Gasteiger partial charge is 0.371 e. The van der Waals surface area contributed by atoms with Crippen LogP contribution in [0.2, 0.25) is 0 Å². The molecule has 0 spiro atoms. The van der Waals surface area contributed by atoms with Crippen molar-refractivity contribution in [2.45, 2.75) is 39.4 Å². The molecular formula is C16H22BrNO2. The van der Waals surface area contributed by atoms with Gasteiger partial charge in [0.15, 0.2) is 0 Å². The molecule has 0 bridgehead atoms. The average Bonchev–Trinajstić information content (AvgIpc) is 2.42. The third-order valence-corrected chi connectivity index (χ3v) is 4.50. The zero-order valence-corrected chi connectivity index (χ0v) is 13.9. The summed E-state index contributed by atoms with van der Waals surface area (Å²) in [5.41, 5.74) is 3.59. The summed E-state index contributed by atoms with van der Waals surface area (Å²) in [4.78, 5) is 14.4. The van der Waals surface area contributed by atoms with Crippen molar-refractivity contribution in [3.05, 3.63) is 34.9 Å². The minimum atomic E-state index is 0.0995. The first-order valence-corrected chi connectivity index (χ1v) is 8.17. The lowest BCUT2D eigenvalue weighted by molar-refractivity contribution is -0.142. The number of carbonyl (C=O) groups is 1. The number of alkyl halides is 1. The summed E-state index contributed by atoms with van der Waals surface area (Å²) >= 11 is 3.44. The molecular weight excluding hydrogens is 318 g/mol. The topological polar surface area (TPSA) is 29.5 Å². The molecule has 1 aliphatic rings. The van der Waals surface area contributed by atoms with Gasteiger partial charge in [0, 0.05) is 18.4 Å². The second-order valence-electron chi connectivity index (χ2n) is 5.62. The monoisotopic (exact) mass is 339 g/mol. The van der Waals surface area contributed by atoms with Crippen LogP contribution in [0.4, 0.5) is 0 Å². The summed E-state index contributed by atoms with van der Waals surface area (Å²) < 4.78 is 5.76. The fourth-order valence-corrected chi connectivity index (χ4v) is 2.89. The standard InChI is InChI=1S/C16H22BrNO2/c1-11-4-5-14(6-12(11)2)7-16(19)18-9-13(3)20-15(8-17)10-18/h4-6,13,15H,7-10H2,1-3H3. The summed E-state index contributed by atoms with van der Waals surface area (Å²) in [5.74, 6) is 0.189. The van der Waals surface area contributed by atoms with Crippen LogP contribution in [0.25, 0.3) is 0 Å². The number of ether oxygens (including phenoxy) is 1. The van der Waals surface area contributed by atoms with Crippen molar-refractivity contribution in [3.63, 3.8) is 0 Å².